The van der Waals surface area contributed by atoms with Crippen LogP contribution in [0, 0.1) is 0 Å². The van der Waals surface area contributed by atoms with Crippen LogP contribution < -0.4 is 0 Å². The molecule has 5 heteroatoms. The second-order valence-corrected chi connectivity index (χ2v) is 4.77. The third-order valence-electron chi connectivity index (χ3n) is 2.24. The molecule has 1 rings (SSSR count). The van der Waals surface area contributed by atoms with E-state index in [1.165, 1.54) is 7.11 Å². The minimum Gasteiger partial charge on any atom is -0.469 e. The van der Waals surface area contributed by atoms with Gasteiger partial charge >= 0.3 is 5.97 Å². The number of carbonyl (C=O) groups is 2. The molecule has 3 nitrogen and oxygen atoms in total. The topological polar surface area (TPSA) is 43.4 Å². The van der Waals surface area contributed by atoms with Crippen LogP contribution in [0.15, 0.2) is 22.7 Å². The molecule has 0 amide bonds. The summed E-state index contributed by atoms with van der Waals surface area (Å²) >= 11 is 9.07. The molecule has 0 aliphatic rings. The summed E-state index contributed by atoms with van der Waals surface area (Å²) in [6.45, 7) is 0. The smallest absolute Gasteiger partial charge is 0.305 e. The lowest BCUT2D eigenvalue weighted by Crippen LogP contribution is -2.04. The Labute approximate surface area is 113 Å². The molecule has 0 unspecified atom stereocenters. The van der Waals surface area contributed by atoms with E-state index in [0.29, 0.717) is 27.9 Å². The van der Waals surface area contributed by atoms with Crippen LogP contribution in [0.25, 0.3) is 0 Å². The van der Waals surface area contributed by atoms with Crippen molar-refractivity contribution in [1.29, 1.82) is 0 Å². The second kappa shape index (κ2) is 6.77. The molecule has 0 saturated heterocycles. The second-order valence-electron chi connectivity index (χ2n) is 3.48. The maximum Gasteiger partial charge on any atom is 0.305 e. The van der Waals surface area contributed by atoms with Crippen LogP contribution in [0.3, 0.4) is 0 Å². The molecule has 0 heterocycles. The fourth-order valence-corrected chi connectivity index (χ4v) is 2.25. The van der Waals surface area contributed by atoms with Crippen LogP contribution in [0.2, 0.25) is 5.02 Å². The van der Waals surface area contributed by atoms with Gasteiger partial charge in [0.1, 0.15) is 0 Å². The normalized spacial score (nSPS) is 10.1. The first-order valence-corrected chi connectivity index (χ1v) is 6.26. The Morgan fingerprint density at radius 1 is 1.35 bits per heavy atom. The molecule has 0 aliphatic carbocycles. The zero-order valence-electron chi connectivity index (χ0n) is 9.33. The highest BCUT2D eigenvalue weighted by atomic mass is 79.9. The number of rotatable bonds is 5. The van der Waals surface area contributed by atoms with Crippen molar-refractivity contribution < 1.29 is 14.3 Å². The van der Waals surface area contributed by atoms with Gasteiger partial charge in [-0.1, -0.05) is 11.6 Å². The number of Topliss-reactive ketones (excluding diaryl/α,β-unsaturated/α-hetero) is 1. The number of hydrogen-bond acceptors (Lipinski definition) is 3. The number of esters is 1. The van der Waals surface area contributed by atoms with Gasteiger partial charge in [-0.3, -0.25) is 9.59 Å². The number of hydrogen-bond donors (Lipinski definition) is 0. The van der Waals surface area contributed by atoms with E-state index in [4.69, 9.17) is 11.6 Å². The Morgan fingerprint density at radius 2 is 2.06 bits per heavy atom. The number of benzene rings is 1. The fourth-order valence-electron chi connectivity index (χ4n) is 1.35. The Balaban J connectivity index is 2.55. The predicted octanol–water partition coefficient (Wildman–Crippen LogP) is 3.63. The van der Waals surface area contributed by atoms with Crippen molar-refractivity contribution in [2.75, 3.05) is 7.11 Å². The van der Waals surface area contributed by atoms with Crippen molar-refractivity contribution in [1.82, 2.24) is 0 Å². The van der Waals surface area contributed by atoms with Crippen LogP contribution >= 0.6 is 27.5 Å². The van der Waals surface area contributed by atoms with Crippen molar-refractivity contribution >= 4 is 39.3 Å². The Kier molecular flexibility index (Phi) is 5.65. The molecule has 0 spiro atoms. The lowest BCUT2D eigenvalue weighted by molar-refractivity contribution is -0.140. The highest BCUT2D eigenvalue weighted by Crippen LogP contribution is 2.23. The molecule has 0 atom stereocenters. The van der Waals surface area contributed by atoms with E-state index >= 15 is 0 Å². The maximum absolute atomic E-state index is 11.8. The van der Waals surface area contributed by atoms with Crippen LogP contribution in [-0.2, 0) is 9.53 Å². The molecule has 0 radical (unpaired) electrons. The molecule has 1 aromatic rings. The molecule has 0 bridgehead atoms. The Bertz CT molecular complexity index is 432. The molecule has 0 aromatic heterocycles. The molecular formula is C12H12BrClO3. The van der Waals surface area contributed by atoms with Gasteiger partial charge in [0.25, 0.3) is 0 Å². The van der Waals surface area contributed by atoms with E-state index in [9.17, 15) is 9.59 Å². The molecule has 0 aliphatic heterocycles. The lowest BCUT2D eigenvalue weighted by Gasteiger charge is -2.04. The predicted molar refractivity (Wildman–Crippen MR) is 69.3 cm³/mol. The third kappa shape index (κ3) is 4.48. The lowest BCUT2D eigenvalue weighted by atomic mass is 10.1. The molecule has 0 saturated carbocycles. The van der Waals surface area contributed by atoms with E-state index in [1.54, 1.807) is 18.2 Å². The van der Waals surface area contributed by atoms with E-state index in [0.717, 1.165) is 0 Å². The highest BCUT2D eigenvalue weighted by molar-refractivity contribution is 9.10. The third-order valence-corrected chi connectivity index (χ3v) is 3.14. The van der Waals surface area contributed by atoms with E-state index < -0.39 is 0 Å². The van der Waals surface area contributed by atoms with Gasteiger partial charge in [-0.05, 0) is 40.5 Å². The summed E-state index contributed by atoms with van der Waals surface area (Å²) in [5, 5.41) is 0.572. The molecule has 0 fully saturated rings. The van der Waals surface area contributed by atoms with Gasteiger partial charge in [0, 0.05) is 27.9 Å². The van der Waals surface area contributed by atoms with Crippen LogP contribution in [-0.4, -0.2) is 18.9 Å². The maximum atomic E-state index is 11.8. The highest BCUT2D eigenvalue weighted by Gasteiger charge is 2.11. The van der Waals surface area contributed by atoms with Gasteiger partial charge in [-0.25, -0.2) is 0 Å². The standard InChI is InChI=1S/C12H12BrClO3/c1-17-12(16)4-2-3-11(15)9-6-5-8(14)7-10(9)13/h5-7H,2-4H2,1H3. The number of ketones is 1. The first kappa shape index (κ1) is 14.2. The quantitative estimate of drug-likeness (QED) is 0.615. The first-order chi connectivity index (χ1) is 8.04. The van der Waals surface area contributed by atoms with Gasteiger partial charge in [0.15, 0.2) is 5.78 Å². The van der Waals surface area contributed by atoms with Crippen molar-refractivity contribution in [2.45, 2.75) is 19.3 Å². The number of methoxy groups -OCH3 is 1. The summed E-state index contributed by atoms with van der Waals surface area (Å²) in [6, 6.07) is 5.02. The summed E-state index contributed by atoms with van der Waals surface area (Å²) in [4.78, 5) is 22.7. The monoisotopic (exact) mass is 318 g/mol. The average Bonchev–Trinajstić information content (AvgIpc) is 2.28. The van der Waals surface area contributed by atoms with Crippen molar-refractivity contribution in [3.8, 4) is 0 Å². The van der Waals surface area contributed by atoms with Crippen molar-refractivity contribution in [3.05, 3.63) is 33.3 Å². The van der Waals surface area contributed by atoms with Crippen molar-refractivity contribution in [2.24, 2.45) is 0 Å². The van der Waals surface area contributed by atoms with Crippen LogP contribution in [0.4, 0.5) is 0 Å². The SMILES string of the molecule is COC(=O)CCCC(=O)c1ccc(Cl)cc1Br. The molecule has 1 aromatic carbocycles. The number of halogens is 2. The summed E-state index contributed by atoms with van der Waals surface area (Å²) in [5.41, 5.74) is 0.583. The van der Waals surface area contributed by atoms with Gasteiger partial charge in [0.05, 0.1) is 7.11 Å². The van der Waals surface area contributed by atoms with E-state index in [2.05, 4.69) is 20.7 Å². The molecule has 92 valence electrons. The zero-order valence-corrected chi connectivity index (χ0v) is 11.7. The average molecular weight is 320 g/mol. The van der Waals surface area contributed by atoms with E-state index in [-0.39, 0.29) is 18.2 Å². The minimum atomic E-state index is -0.298. The largest absolute Gasteiger partial charge is 0.469 e. The van der Waals surface area contributed by atoms with E-state index in [1.807, 2.05) is 0 Å². The summed E-state index contributed by atoms with van der Waals surface area (Å²) < 4.78 is 5.17. The van der Waals surface area contributed by atoms with Gasteiger partial charge in [-0.2, -0.15) is 0 Å². The summed E-state index contributed by atoms with van der Waals surface area (Å²) in [5.74, 6) is -0.314. The number of ether oxygens (including phenoxy) is 1. The van der Waals surface area contributed by atoms with Gasteiger partial charge in [-0.15, -0.1) is 0 Å². The molecule has 0 N–H and O–H groups in total. The van der Waals surface area contributed by atoms with Gasteiger partial charge < -0.3 is 4.74 Å². The Morgan fingerprint density at radius 3 is 2.65 bits per heavy atom. The zero-order chi connectivity index (χ0) is 12.8. The fraction of sp³-hybridized carbons (Fsp3) is 0.333. The number of carbonyl (C=O) groups excluding carboxylic acids is 2. The van der Waals surface area contributed by atoms with Crippen LogP contribution in [0.5, 0.6) is 0 Å². The van der Waals surface area contributed by atoms with Gasteiger partial charge in [0.2, 0.25) is 0 Å². The first-order valence-electron chi connectivity index (χ1n) is 5.09. The molecular weight excluding hydrogens is 307 g/mol. The Hall–Kier alpha value is -0.870. The minimum absolute atomic E-state index is 0.0163. The molecule has 17 heavy (non-hydrogen) atoms. The van der Waals surface area contributed by atoms with Crippen LogP contribution in [0.1, 0.15) is 29.6 Å². The summed E-state index contributed by atoms with van der Waals surface area (Å²) in [7, 11) is 1.33. The van der Waals surface area contributed by atoms with Crippen molar-refractivity contribution in [3.63, 3.8) is 0 Å². The summed E-state index contributed by atoms with van der Waals surface area (Å²) in [6.07, 6.45) is 1.06.